The SMILES string of the molecule is CCc1cc(N(C)C(=O)O)cc(C)c1CN(C)C. The van der Waals surface area contributed by atoms with Crippen LogP contribution < -0.4 is 4.90 Å². The van der Waals surface area contributed by atoms with Crippen molar-refractivity contribution in [3.63, 3.8) is 0 Å². The van der Waals surface area contributed by atoms with Crippen molar-refractivity contribution in [2.45, 2.75) is 26.8 Å². The van der Waals surface area contributed by atoms with Gasteiger partial charge in [0.15, 0.2) is 0 Å². The third-order valence-electron chi connectivity index (χ3n) is 3.08. The second-order valence-electron chi connectivity index (χ2n) is 4.83. The van der Waals surface area contributed by atoms with E-state index in [0.29, 0.717) is 0 Å². The van der Waals surface area contributed by atoms with Gasteiger partial charge in [0.05, 0.1) is 0 Å². The van der Waals surface area contributed by atoms with Crippen LogP contribution in [0.4, 0.5) is 10.5 Å². The molecule has 1 amide bonds. The van der Waals surface area contributed by atoms with Crippen LogP contribution in [0.2, 0.25) is 0 Å². The maximum absolute atomic E-state index is 11.0. The van der Waals surface area contributed by atoms with Crippen molar-refractivity contribution < 1.29 is 9.90 Å². The standard InChI is InChI=1S/C14H22N2O2/c1-6-11-8-12(16(5)14(17)18)7-10(2)13(11)9-15(3)4/h7-8H,6,9H2,1-5H3,(H,17,18). The Hall–Kier alpha value is -1.55. The van der Waals surface area contributed by atoms with Crippen molar-refractivity contribution in [2.24, 2.45) is 0 Å². The molecular formula is C14H22N2O2. The number of aryl methyl sites for hydroxylation is 2. The summed E-state index contributed by atoms with van der Waals surface area (Å²) < 4.78 is 0. The van der Waals surface area contributed by atoms with Crippen LogP contribution in [0.15, 0.2) is 12.1 Å². The molecule has 0 aliphatic carbocycles. The van der Waals surface area contributed by atoms with E-state index in [9.17, 15) is 4.79 Å². The molecule has 0 aliphatic heterocycles. The molecule has 0 radical (unpaired) electrons. The smallest absolute Gasteiger partial charge is 0.411 e. The molecule has 0 unspecified atom stereocenters. The minimum atomic E-state index is -0.934. The molecular weight excluding hydrogens is 228 g/mol. The van der Waals surface area contributed by atoms with Crippen molar-refractivity contribution in [2.75, 3.05) is 26.0 Å². The first-order valence-corrected chi connectivity index (χ1v) is 6.10. The van der Waals surface area contributed by atoms with Crippen LogP contribution in [0.25, 0.3) is 0 Å². The Morgan fingerprint density at radius 2 is 1.89 bits per heavy atom. The lowest BCUT2D eigenvalue weighted by atomic mass is 9.98. The molecule has 100 valence electrons. The molecule has 0 saturated carbocycles. The maximum Gasteiger partial charge on any atom is 0.411 e. The molecule has 18 heavy (non-hydrogen) atoms. The Kier molecular flexibility index (Phi) is 4.73. The van der Waals surface area contributed by atoms with Gasteiger partial charge in [-0.25, -0.2) is 4.79 Å². The molecule has 4 heteroatoms. The number of carbonyl (C=O) groups is 1. The highest BCUT2D eigenvalue weighted by Gasteiger charge is 2.13. The summed E-state index contributed by atoms with van der Waals surface area (Å²) in [5, 5.41) is 9.02. The van der Waals surface area contributed by atoms with Gasteiger partial charge in [-0.1, -0.05) is 6.92 Å². The fourth-order valence-corrected chi connectivity index (χ4v) is 2.03. The maximum atomic E-state index is 11.0. The first kappa shape index (κ1) is 14.5. The molecule has 1 aromatic carbocycles. The van der Waals surface area contributed by atoms with Crippen LogP contribution in [0.1, 0.15) is 23.6 Å². The van der Waals surface area contributed by atoms with Gasteiger partial charge in [0.2, 0.25) is 0 Å². The average molecular weight is 250 g/mol. The highest BCUT2D eigenvalue weighted by molar-refractivity contribution is 5.85. The summed E-state index contributed by atoms with van der Waals surface area (Å²) in [6, 6.07) is 3.91. The minimum Gasteiger partial charge on any atom is -0.465 e. The fourth-order valence-electron chi connectivity index (χ4n) is 2.03. The zero-order chi connectivity index (χ0) is 13.9. The van der Waals surface area contributed by atoms with Crippen LogP contribution in [0.5, 0.6) is 0 Å². The van der Waals surface area contributed by atoms with Gasteiger partial charge in [0.1, 0.15) is 0 Å². The van der Waals surface area contributed by atoms with Crippen LogP contribution >= 0.6 is 0 Å². The van der Waals surface area contributed by atoms with Gasteiger partial charge in [-0.3, -0.25) is 4.90 Å². The van der Waals surface area contributed by atoms with E-state index in [1.165, 1.54) is 16.0 Å². The van der Waals surface area contributed by atoms with E-state index < -0.39 is 6.09 Å². The average Bonchev–Trinajstić information content (AvgIpc) is 2.29. The molecule has 0 aliphatic rings. The summed E-state index contributed by atoms with van der Waals surface area (Å²) in [4.78, 5) is 14.4. The summed E-state index contributed by atoms with van der Waals surface area (Å²) in [6.07, 6.45) is -0.0255. The van der Waals surface area contributed by atoms with Gasteiger partial charge in [0.25, 0.3) is 0 Å². The molecule has 0 aromatic heterocycles. The first-order chi connectivity index (χ1) is 8.36. The molecule has 0 bridgehead atoms. The molecule has 0 saturated heterocycles. The normalized spacial score (nSPS) is 10.8. The number of anilines is 1. The Labute approximate surface area is 109 Å². The summed E-state index contributed by atoms with van der Waals surface area (Å²) in [5.41, 5.74) is 4.39. The fraction of sp³-hybridized carbons (Fsp3) is 0.500. The van der Waals surface area contributed by atoms with Gasteiger partial charge < -0.3 is 10.0 Å². The molecule has 0 fully saturated rings. The Morgan fingerprint density at radius 1 is 1.28 bits per heavy atom. The topological polar surface area (TPSA) is 43.8 Å². The van der Waals surface area contributed by atoms with Crippen molar-refractivity contribution in [1.29, 1.82) is 0 Å². The lowest BCUT2D eigenvalue weighted by Gasteiger charge is -2.20. The molecule has 4 nitrogen and oxygen atoms in total. The van der Waals surface area contributed by atoms with Crippen molar-refractivity contribution in [1.82, 2.24) is 4.90 Å². The summed E-state index contributed by atoms with van der Waals surface area (Å²) in [5.74, 6) is 0. The van der Waals surface area contributed by atoms with Crippen molar-refractivity contribution in [3.8, 4) is 0 Å². The molecule has 0 spiro atoms. The van der Waals surface area contributed by atoms with Crippen molar-refractivity contribution >= 4 is 11.8 Å². The zero-order valence-electron chi connectivity index (χ0n) is 11.8. The highest BCUT2D eigenvalue weighted by Crippen LogP contribution is 2.24. The molecule has 0 heterocycles. The lowest BCUT2D eigenvalue weighted by molar-refractivity contribution is 0.203. The minimum absolute atomic E-state index is 0.736. The van der Waals surface area contributed by atoms with Crippen LogP contribution in [-0.2, 0) is 13.0 Å². The number of hydrogen-bond acceptors (Lipinski definition) is 2. The quantitative estimate of drug-likeness (QED) is 0.893. The Morgan fingerprint density at radius 3 is 2.33 bits per heavy atom. The van der Waals surface area contributed by atoms with E-state index in [2.05, 4.69) is 11.8 Å². The van der Waals surface area contributed by atoms with Gasteiger partial charge in [-0.2, -0.15) is 0 Å². The van der Waals surface area contributed by atoms with Crippen LogP contribution in [0.3, 0.4) is 0 Å². The summed E-state index contributed by atoms with van der Waals surface area (Å²) >= 11 is 0. The summed E-state index contributed by atoms with van der Waals surface area (Å²) in [6.45, 7) is 5.02. The van der Waals surface area contributed by atoms with Crippen molar-refractivity contribution in [3.05, 3.63) is 28.8 Å². The van der Waals surface area contributed by atoms with Crippen LogP contribution in [0, 0.1) is 6.92 Å². The number of amides is 1. The predicted octanol–water partition coefficient (Wildman–Crippen LogP) is 2.73. The second-order valence-corrected chi connectivity index (χ2v) is 4.83. The third-order valence-corrected chi connectivity index (χ3v) is 3.08. The van der Waals surface area contributed by atoms with E-state index in [4.69, 9.17) is 5.11 Å². The summed E-state index contributed by atoms with van der Waals surface area (Å²) in [7, 11) is 5.65. The number of benzene rings is 1. The monoisotopic (exact) mass is 250 g/mol. The van der Waals surface area contributed by atoms with E-state index in [1.54, 1.807) is 7.05 Å². The number of carboxylic acid groups (broad SMARTS) is 1. The predicted molar refractivity (Wildman–Crippen MR) is 74.4 cm³/mol. The van der Waals surface area contributed by atoms with E-state index in [-0.39, 0.29) is 0 Å². The van der Waals surface area contributed by atoms with E-state index in [0.717, 1.165) is 24.2 Å². The number of rotatable bonds is 4. The van der Waals surface area contributed by atoms with Gasteiger partial charge in [-0.05, 0) is 56.3 Å². The third kappa shape index (κ3) is 3.23. The number of nitrogens with zero attached hydrogens (tertiary/aromatic N) is 2. The van der Waals surface area contributed by atoms with Gasteiger partial charge >= 0.3 is 6.09 Å². The first-order valence-electron chi connectivity index (χ1n) is 6.10. The van der Waals surface area contributed by atoms with E-state index in [1.807, 2.05) is 33.2 Å². The Balaban J connectivity index is 3.22. The molecule has 0 atom stereocenters. The number of hydrogen-bond donors (Lipinski definition) is 1. The highest BCUT2D eigenvalue weighted by atomic mass is 16.4. The van der Waals surface area contributed by atoms with Crippen LogP contribution in [-0.4, -0.2) is 37.2 Å². The van der Waals surface area contributed by atoms with E-state index >= 15 is 0 Å². The molecule has 1 rings (SSSR count). The van der Waals surface area contributed by atoms with Gasteiger partial charge in [0, 0.05) is 19.3 Å². The van der Waals surface area contributed by atoms with Gasteiger partial charge in [-0.15, -0.1) is 0 Å². The molecule has 1 N–H and O–H groups in total. The second kappa shape index (κ2) is 5.87. The molecule has 1 aromatic rings. The Bertz CT molecular complexity index is 442. The largest absolute Gasteiger partial charge is 0.465 e. The zero-order valence-corrected chi connectivity index (χ0v) is 11.8. The lowest BCUT2D eigenvalue weighted by Crippen LogP contribution is -2.24.